The van der Waals surface area contributed by atoms with E-state index >= 15 is 0 Å². The topological polar surface area (TPSA) is 43.8 Å². The molecule has 20 heavy (non-hydrogen) atoms. The molecule has 0 radical (unpaired) electrons. The average molecular weight is 265 g/mol. The van der Waals surface area contributed by atoms with Crippen molar-refractivity contribution in [2.75, 3.05) is 0 Å². The Morgan fingerprint density at radius 1 is 1.10 bits per heavy atom. The van der Waals surface area contributed by atoms with E-state index in [2.05, 4.69) is 47.4 Å². The molecule has 0 aliphatic carbocycles. The third-order valence-electron chi connectivity index (χ3n) is 3.73. The molecule has 1 unspecified atom stereocenters. The quantitative estimate of drug-likeness (QED) is 0.788. The van der Waals surface area contributed by atoms with Crippen molar-refractivity contribution in [3.63, 3.8) is 0 Å². The molecule has 2 aromatic carbocycles. The van der Waals surface area contributed by atoms with E-state index in [0.29, 0.717) is 0 Å². The standard InChI is InChI=1S/C17H19N3/c1-20-10-9-19-17(20)12-15(18)11-14-7-4-6-13-5-2-3-8-16(13)14/h2-10,15H,11-12,18H2,1H3. The van der Waals surface area contributed by atoms with Crippen LogP contribution in [0.5, 0.6) is 0 Å². The number of rotatable bonds is 4. The largest absolute Gasteiger partial charge is 0.338 e. The lowest BCUT2D eigenvalue weighted by Gasteiger charge is -2.13. The molecule has 0 aliphatic rings. The molecule has 1 heterocycles. The smallest absolute Gasteiger partial charge is 0.109 e. The summed E-state index contributed by atoms with van der Waals surface area (Å²) in [6, 6.07) is 15.0. The number of hydrogen-bond donors (Lipinski definition) is 1. The number of nitrogens with zero attached hydrogens (tertiary/aromatic N) is 2. The van der Waals surface area contributed by atoms with Crippen molar-refractivity contribution in [1.82, 2.24) is 9.55 Å². The Bertz CT molecular complexity index is 710. The molecular formula is C17H19N3. The van der Waals surface area contributed by atoms with Crippen molar-refractivity contribution >= 4 is 10.8 Å². The minimum absolute atomic E-state index is 0.0851. The molecule has 0 fully saturated rings. The van der Waals surface area contributed by atoms with Crippen molar-refractivity contribution in [3.8, 4) is 0 Å². The highest BCUT2D eigenvalue weighted by Crippen LogP contribution is 2.20. The summed E-state index contributed by atoms with van der Waals surface area (Å²) >= 11 is 0. The van der Waals surface area contributed by atoms with Crippen LogP contribution in [-0.2, 0) is 19.9 Å². The van der Waals surface area contributed by atoms with Gasteiger partial charge in [-0.15, -0.1) is 0 Å². The Labute approximate surface area is 119 Å². The molecule has 3 rings (SSSR count). The first kappa shape index (κ1) is 12.9. The molecule has 3 heteroatoms. The van der Waals surface area contributed by atoms with Crippen LogP contribution in [0.25, 0.3) is 10.8 Å². The van der Waals surface area contributed by atoms with E-state index < -0.39 is 0 Å². The maximum atomic E-state index is 6.30. The van der Waals surface area contributed by atoms with Gasteiger partial charge in [0.2, 0.25) is 0 Å². The summed E-state index contributed by atoms with van der Waals surface area (Å²) in [5.74, 6) is 1.04. The molecule has 0 bridgehead atoms. The van der Waals surface area contributed by atoms with E-state index in [-0.39, 0.29) is 6.04 Å². The SMILES string of the molecule is Cn1ccnc1CC(N)Cc1cccc2ccccc12. The molecular weight excluding hydrogens is 246 g/mol. The highest BCUT2D eigenvalue weighted by Gasteiger charge is 2.10. The van der Waals surface area contributed by atoms with Crippen LogP contribution in [-0.4, -0.2) is 15.6 Å². The van der Waals surface area contributed by atoms with Crippen molar-refractivity contribution in [2.24, 2.45) is 12.8 Å². The normalized spacial score (nSPS) is 12.7. The lowest BCUT2D eigenvalue weighted by Crippen LogP contribution is -2.27. The molecule has 0 saturated heterocycles. The third-order valence-corrected chi connectivity index (χ3v) is 3.73. The fraction of sp³-hybridized carbons (Fsp3) is 0.235. The predicted molar refractivity (Wildman–Crippen MR) is 82.5 cm³/mol. The van der Waals surface area contributed by atoms with Gasteiger partial charge >= 0.3 is 0 Å². The van der Waals surface area contributed by atoms with Crippen LogP contribution < -0.4 is 5.73 Å². The van der Waals surface area contributed by atoms with E-state index in [1.165, 1.54) is 16.3 Å². The minimum atomic E-state index is 0.0851. The second-order valence-corrected chi connectivity index (χ2v) is 5.26. The van der Waals surface area contributed by atoms with E-state index in [1.807, 2.05) is 24.0 Å². The Morgan fingerprint density at radius 2 is 1.90 bits per heavy atom. The van der Waals surface area contributed by atoms with Crippen molar-refractivity contribution in [1.29, 1.82) is 0 Å². The van der Waals surface area contributed by atoms with Gasteiger partial charge in [0.1, 0.15) is 5.82 Å². The molecule has 3 aromatic rings. The first-order chi connectivity index (χ1) is 9.74. The average Bonchev–Trinajstić information content (AvgIpc) is 2.85. The van der Waals surface area contributed by atoms with Crippen molar-refractivity contribution in [3.05, 3.63) is 66.2 Å². The van der Waals surface area contributed by atoms with Crippen LogP contribution in [0.1, 0.15) is 11.4 Å². The molecule has 2 N–H and O–H groups in total. The van der Waals surface area contributed by atoms with E-state index in [4.69, 9.17) is 5.73 Å². The second kappa shape index (κ2) is 5.47. The van der Waals surface area contributed by atoms with E-state index in [0.717, 1.165) is 18.7 Å². The molecule has 1 atom stereocenters. The Kier molecular flexibility index (Phi) is 3.52. The van der Waals surface area contributed by atoms with Gasteiger partial charge in [0.15, 0.2) is 0 Å². The predicted octanol–water partition coefficient (Wildman–Crippen LogP) is 2.69. The lowest BCUT2D eigenvalue weighted by atomic mass is 9.98. The van der Waals surface area contributed by atoms with Crippen LogP contribution in [0.3, 0.4) is 0 Å². The second-order valence-electron chi connectivity index (χ2n) is 5.26. The summed E-state index contributed by atoms with van der Waals surface area (Å²) in [6.45, 7) is 0. The van der Waals surface area contributed by atoms with Gasteiger partial charge in [0, 0.05) is 31.9 Å². The Morgan fingerprint density at radius 3 is 2.70 bits per heavy atom. The van der Waals surface area contributed by atoms with Gasteiger partial charge in [-0.25, -0.2) is 4.98 Å². The fourth-order valence-electron chi connectivity index (χ4n) is 2.65. The van der Waals surface area contributed by atoms with Crippen molar-refractivity contribution < 1.29 is 0 Å². The molecule has 102 valence electrons. The van der Waals surface area contributed by atoms with Gasteiger partial charge in [0.05, 0.1) is 0 Å². The van der Waals surface area contributed by atoms with Gasteiger partial charge in [0.25, 0.3) is 0 Å². The van der Waals surface area contributed by atoms with Gasteiger partial charge in [-0.1, -0.05) is 42.5 Å². The van der Waals surface area contributed by atoms with E-state index in [9.17, 15) is 0 Å². The monoisotopic (exact) mass is 265 g/mol. The van der Waals surface area contributed by atoms with Crippen LogP contribution in [0, 0.1) is 0 Å². The number of benzene rings is 2. The highest BCUT2D eigenvalue weighted by molar-refractivity contribution is 5.85. The minimum Gasteiger partial charge on any atom is -0.338 e. The molecule has 1 aromatic heterocycles. The third kappa shape index (κ3) is 2.58. The number of aryl methyl sites for hydroxylation is 1. The Hall–Kier alpha value is -2.13. The van der Waals surface area contributed by atoms with Gasteiger partial charge < -0.3 is 10.3 Å². The van der Waals surface area contributed by atoms with Crippen LogP contribution >= 0.6 is 0 Å². The summed E-state index contributed by atoms with van der Waals surface area (Å²) in [5, 5.41) is 2.57. The summed E-state index contributed by atoms with van der Waals surface area (Å²) < 4.78 is 2.03. The number of fused-ring (bicyclic) bond motifs is 1. The zero-order valence-electron chi connectivity index (χ0n) is 11.7. The number of hydrogen-bond acceptors (Lipinski definition) is 2. The first-order valence-electron chi connectivity index (χ1n) is 6.92. The molecule has 0 aliphatic heterocycles. The maximum Gasteiger partial charge on any atom is 0.109 e. The molecule has 3 nitrogen and oxygen atoms in total. The zero-order chi connectivity index (χ0) is 13.9. The maximum absolute atomic E-state index is 6.30. The van der Waals surface area contributed by atoms with Gasteiger partial charge in [-0.05, 0) is 22.8 Å². The van der Waals surface area contributed by atoms with E-state index in [1.54, 1.807) is 0 Å². The summed E-state index contributed by atoms with van der Waals surface area (Å²) in [7, 11) is 2.01. The molecule has 0 spiro atoms. The van der Waals surface area contributed by atoms with Crippen molar-refractivity contribution in [2.45, 2.75) is 18.9 Å². The van der Waals surface area contributed by atoms with Crippen LogP contribution in [0.15, 0.2) is 54.9 Å². The number of nitrogens with two attached hydrogens (primary N) is 1. The van der Waals surface area contributed by atoms with Gasteiger partial charge in [-0.2, -0.15) is 0 Å². The first-order valence-corrected chi connectivity index (χ1v) is 6.92. The fourth-order valence-corrected chi connectivity index (χ4v) is 2.65. The highest BCUT2D eigenvalue weighted by atomic mass is 15.0. The number of aromatic nitrogens is 2. The van der Waals surface area contributed by atoms with Crippen LogP contribution in [0.4, 0.5) is 0 Å². The molecule has 0 saturated carbocycles. The number of imidazole rings is 1. The summed E-state index contributed by atoms with van der Waals surface area (Å²) in [4.78, 5) is 4.34. The lowest BCUT2D eigenvalue weighted by molar-refractivity contribution is 0.624. The zero-order valence-corrected chi connectivity index (χ0v) is 11.7. The summed E-state index contributed by atoms with van der Waals surface area (Å²) in [5.41, 5.74) is 7.61. The van der Waals surface area contributed by atoms with Gasteiger partial charge in [-0.3, -0.25) is 0 Å². The van der Waals surface area contributed by atoms with Crippen LogP contribution in [0.2, 0.25) is 0 Å². The summed E-state index contributed by atoms with van der Waals surface area (Å²) in [6.07, 6.45) is 5.45. The Balaban J connectivity index is 1.81. The molecule has 0 amide bonds.